The Bertz CT molecular complexity index is 165. The van der Waals surface area contributed by atoms with E-state index in [0.717, 1.165) is 6.42 Å². The van der Waals surface area contributed by atoms with Crippen molar-refractivity contribution in [1.29, 1.82) is 0 Å². The zero-order chi connectivity index (χ0) is 10.6. The van der Waals surface area contributed by atoms with E-state index in [1.165, 1.54) is 0 Å². The summed E-state index contributed by atoms with van der Waals surface area (Å²) in [7, 11) is 0. The van der Waals surface area contributed by atoms with E-state index in [-0.39, 0.29) is 11.2 Å². The van der Waals surface area contributed by atoms with E-state index in [9.17, 15) is 9.90 Å². The van der Waals surface area contributed by atoms with Crippen LogP contribution < -0.4 is 0 Å². The maximum atomic E-state index is 11.4. The van der Waals surface area contributed by atoms with Crippen molar-refractivity contribution in [1.82, 2.24) is 0 Å². The summed E-state index contributed by atoms with van der Waals surface area (Å²) in [5.41, 5.74) is -0.325. The van der Waals surface area contributed by atoms with Gasteiger partial charge in [-0.05, 0) is 17.8 Å². The molecule has 2 heteroatoms. The summed E-state index contributed by atoms with van der Waals surface area (Å²) in [5, 5.41) is 9.62. The normalized spacial score (nSPS) is 14.7. The van der Waals surface area contributed by atoms with Crippen LogP contribution in [0.15, 0.2) is 0 Å². The van der Waals surface area contributed by atoms with Crippen molar-refractivity contribution in [3.8, 4) is 0 Å². The average Bonchev–Trinajstić information content (AvgIpc) is 1.96. The van der Waals surface area contributed by atoms with Crippen molar-refractivity contribution in [2.45, 2.75) is 53.6 Å². The highest BCUT2D eigenvalue weighted by Crippen LogP contribution is 2.21. The van der Waals surface area contributed by atoms with Crippen LogP contribution in [-0.2, 0) is 4.79 Å². The van der Waals surface area contributed by atoms with Gasteiger partial charge in [-0.15, -0.1) is 0 Å². The molecule has 0 aromatic rings. The number of carbonyl (C=O) groups is 1. The zero-order valence-corrected chi connectivity index (χ0v) is 9.42. The van der Waals surface area contributed by atoms with Crippen LogP contribution >= 0.6 is 0 Å². The molecular formula is C11H22O2. The van der Waals surface area contributed by atoms with Gasteiger partial charge in [-0.2, -0.15) is 0 Å². The fourth-order valence-corrected chi connectivity index (χ4v) is 1.05. The molecule has 0 aromatic heterocycles. The van der Waals surface area contributed by atoms with E-state index in [1.54, 1.807) is 0 Å². The van der Waals surface area contributed by atoms with Crippen molar-refractivity contribution in [2.24, 2.45) is 11.3 Å². The Kier molecular flexibility index (Phi) is 4.62. The molecule has 13 heavy (non-hydrogen) atoms. The van der Waals surface area contributed by atoms with Gasteiger partial charge in [-0.3, -0.25) is 4.79 Å². The highest BCUT2D eigenvalue weighted by atomic mass is 16.3. The van der Waals surface area contributed by atoms with Crippen LogP contribution in [0, 0.1) is 11.3 Å². The largest absolute Gasteiger partial charge is 0.385 e. The predicted molar refractivity (Wildman–Crippen MR) is 54.5 cm³/mol. The summed E-state index contributed by atoms with van der Waals surface area (Å²) < 4.78 is 0. The summed E-state index contributed by atoms with van der Waals surface area (Å²) in [6.07, 6.45) is 0.550. The number of aliphatic hydroxyl groups excluding tert-OH is 1. The van der Waals surface area contributed by atoms with Gasteiger partial charge in [-0.25, -0.2) is 0 Å². The Balaban J connectivity index is 3.98. The van der Waals surface area contributed by atoms with Crippen LogP contribution in [0.4, 0.5) is 0 Å². The number of hydrogen-bond acceptors (Lipinski definition) is 2. The first kappa shape index (κ1) is 12.6. The van der Waals surface area contributed by atoms with Crippen LogP contribution in [0.2, 0.25) is 0 Å². The molecule has 0 aromatic carbocycles. The van der Waals surface area contributed by atoms with Crippen molar-refractivity contribution in [2.75, 3.05) is 0 Å². The fraction of sp³-hybridized carbons (Fsp3) is 0.909. The van der Waals surface area contributed by atoms with Crippen molar-refractivity contribution < 1.29 is 9.90 Å². The van der Waals surface area contributed by atoms with E-state index < -0.39 is 6.10 Å². The maximum absolute atomic E-state index is 11.4. The molecule has 0 bridgehead atoms. The Morgan fingerprint density at radius 3 is 2.08 bits per heavy atom. The van der Waals surface area contributed by atoms with Gasteiger partial charge in [0.2, 0.25) is 0 Å². The first-order valence-corrected chi connectivity index (χ1v) is 4.96. The number of Topliss-reactive ketones (excluding diaryl/α,β-unsaturated/α-hetero) is 1. The summed E-state index contributed by atoms with van der Waals surface area (Å²) in [4.78, 5) is 11.4. The number of ketones is 1. The van der Waals surface area contributed by atoms with E-state index in [2.05, 4.69) is 13.8 Å². The molecule has 0 rings (SSSR count). The predicted octanol–water partition coefficient (Wildman–Crippen LogP) is 2.40. The summed E-state index contributed by atoms with van der Waals surface area (Å²) >= 11 is 0. The smallest absolute Gasteiger partial charge is 0.161 e. The second kappa shape index (κ2) is 4.75. The third-order valence-electron chi connectivity index (χ3n) is 2.09. The van der Waals surface area contributed by atoms with Crippen LogP contribution in [0.5, 0.6) is 0 Å². The molecule has 0 fully saturated rings. The van der Waals surface area contributed by atoms with Crippen molar-refractivity contribution >= 4 is 5.78 Å². The minimum absolute atomic E-state index is 0.0267. The van der Waals surface area contributed by atoms with Gasteiger partial charge >= 0.3 is 0 Å². The quantitative estimate of drug-likeness (QED) is 0.732. The van der Waals surface area contributed by atoms with E-state index in [4.69, 9.17) is 0 Å². The molecule has 0 saturated heterocycles. The van der Waals surface area contributed by atoms with Gasteiger partial charge < -0.3 is 5.11 Å². The maximum Gasteiger partial charge on any atom is 0.161 e. The van der Waals surface area contributed by atoms with Gasteiger partial charge in [-0.1, -0.05) is 34.6 Å². The molecule has 0 aliphatic rings. The molecule has 0 saturated carbocycles. The topological polar surface area (TPSA) is 37.3 Å². The van der Waals surface area contributed by atoms with Crippen LogP contribution in [0.1, 0.15) is 47.5 Å². The van der Waals surface area contributed by atoms with Gasteiger partial charge in [0.1, 0.15) is 6.10 Å². The van der Waals surface area contributed by atoms with Crippen LogP contribution in [0.3, 0.4) is 0 Å². The summed E-state index contributed by atoms with van der Waals surface area (Å²) in [5.74, 6) is 0.498. The minimum Gasteiger partial charge on any atom is -0.385 e. The van der Waals surface area contributed by atoms with E-state index in [0.29, 0.717) is 12.3 Å². The molecule has 1 N–H and O–H groups in total. The van der Waals surface area contributed by atoms with E-state index >= 15 is 0 Å². The van der Waals surface area contributed by atoms with Gasteiger partial charge in [0.25, 0.3) is 0 Å². The van der Waals surface area contributed by atoms with Gasteiger partial charge in [0, 0.05) is 6.42 Å². The lowest BCUT2D eigenvalue weighted by Gasteiger charge is -2.24. The summed E-state index contributed by atoms with van der Waals surface area (Å²) in [6.45, 7) is 9.80. The number of hydrogen-bond donors (Lipinski definition) is 1. The van der Waals surface area contributed by atoms with Crippen LogP contribution in [0.25, 0.3) is 0 Å². The second-order valence-electron chi connectivity index (χ2n) is 5.17. The lowest BCUT2D eigenvalue weighted by molar-refractivity contribution is -0.132. The minimum atomic E-state index is -0.814. The highest BCUT2D eigenvalue weighted by molar-refractivity contribution is 5.83. The molecule has 1 atom stereocenters. The van der Waals surface area contributed by atoms with Gasteiger partial charge in [0.05, 0.1) is 0 Å². The Morgan fingerprint density at radius 2 is 1.77 bits per heavy atom. The number of aliphatic hydroxyl groups is 1. The first-order valence-electron chi connectivity index (χ1n) is 4.96. The zero-order valence-electron chi connectivity index (χ0n) is 9.42. The first-order chi connectivity index (χ1) is 5.75. The molecule has 0 aliphatic carbocycles. The van der Waals surface area contributed by atoms with Crippen molar-refractivity contribution in [3.63, 3.8) is 0 Å². The Morgan fingerprint density at radius 1 is 1.31 bits per heavy atom. The molecule has 78 valence electrons. The molecular weight excluding hydrogens is 164 g/mol. The van der Waals surface area contributed by atoms with Crippen molar-refractivity contribution in [3.05, 3.63) is 0 Å². The highest BCUT2D eigenvalue weighted by Gasteiger charge is 2.28. The van der Waals surface area contributed by atoms with Crippen LogP contribution in [-0.4, -0.2) is 17.0 Å². The number of rotatable bonds is 4. The lowest BCUT2D eigenvalue weighted by Crippen LogP contribution is -2.34. The molecule has 1 unspecified atom stereocenters. The lowest BCUT2D eigenvalue weighted by atomic mass is 9.85. The van der Waals surface area contributed by atoms with Gasteiger partial charge in [0.15, 0.2) is 5.78 Å². The number of carbonyl (C=O) groups excluding carboxylic acids is 1. The molecule has 0 spiro atoms. The average molecular weight is 186 g/mol. The van der Waals surface area contributed by atoms with E-state index in [1.807, 2.05) is 20.8 Å². The Hall–Kier alpha value is -0.370. The molecule has 0 aliphatic heterocycles. The monoisotopic (exact) mass is 186 g/mol. The standard InChI is InChI=1S/C11H22O2/c1-8(2)6-7-9(12)10(13)11(3,4)5/h8,10,13H,6-7H2,1-5H3. The third-order valence-corrected chi connectivity index (χ3v) is 2.09. The SMILES string of the molecule is CC(C)CCC(=O)C(O)C(C)(C)C. The molecule has 2 nitrogen and oxygen atoms in total. The Labute approximate surface area is 81.3 Å². The second-order valence-corrected chi connectivity index (χ2v) is 5.17. The molecule has 0 amide bonds. The third kappa shape index (κ3) is 5.04. The molecule has 0 heterocycles. The molecule has 0 radical (unpaired) electrons. The summed E-state index contributed by atoms with van der Waals surface area (Å²) in [6, 6.07) is 0. The fourth-order valence-electron chi connectivity index (χ4n) is 1.05.